The van der Waals surface area contributed by atoms with Crippen LogP contribution in [-0.4, -0.2) is 16.8 Å². The van der Waals surface area contributed by atoms with E-state index >= 15 is 0 Å². The molecule has 7 heteroatoms. The molecule has 0 saturated heterocycles. The number of para-hydroxylation sites is 2. The lowest BCUT2D eigenvalue weighted by molar-refractivity contribution is -0.117. The van der Waals surface area contributed by atoms with Gasteiger partial charge in [0.1, 0.15) is 11.3 Å². The largest absolute Gasteiger partial charge is 0.437 e. The number of nitrogens with zero attached hydrogens (tertiary/aromatic N) is 1. The fraction of sp³-hybridized carbons (Fsp3) is 0. The van der Waals surface area contributed by atoms with Crippen molar-refractivity contribution in [2.24, 2.45) is 0 Å². The second-order valence-corrected chi connectivity index (χ2v) is 4.78. The molecule has 0 bridgehead atoms. The van der Waals surface area contributed by atoms with Crippen molar-refractivity contribution in [3.05, 3.63) is 71.9 Å². The molecule has 6 nitrogen and oxygen atoms in total. The third-order valence-corrected chi connectivity index (χ3v) is 3.11. The van der Waals surface area contributed by atoms with E-state index in [2.05, 4.69) is 15.8 Å². The number of halogens is 1. The molecule has 0 unspecified atom stereocenters. The van der Waals surface area contributed by atoms with E-state index < -0.39 is 17.6 Å². The summed E-state index contributed by atoms with van der Waals surface area (Å²) in [7, 11) is 0. The van der Waals surface area contributed by atoms with E-state index in [1.807, 2.05) is 12.1 Å². The number of carbonyl (C=O) groups excluding carboxylic acids is 2. The highest BCUT2D eigenvalue weighted by Gasteiger charge is 2.10. The number of rotatable bonds is 3. The molecule has 24 heavy (non-hydrogen) atoms. The van der Waals surface area contributed by atoms with Gasteiger partial charge in [0.05, 0.1) is 5.56 Å². The second-order valence-electron chi connectivity index (χ2n) is 4.78. The van der Waals surface area contributed by atoms with Crippen molar-refractivity contribution in [3.63, 3.8) is 0 Å². The summed E-state index contributed by atoms with van der Waals surface area (Å²) in [6.45, 7) is 0. The summed E-state index contributed by atoms with van der Waals surface area (Å²) in [5, 5.41) is 0. The molecule has 0 aliphatic heterocycles. The van der Waals surface area contributed by atoms with Crippen molar-refractivity contribution < 1.29 is 18.4 Å². The van der Waals surface area contributed by atoms with Gasteiger partial charge in [0.15, 0.2) is 5.58 Å². The Morgan fingerprint density at radius 2 is 1.79 bits per heavy atom. The summed E-state index contributed by atoms with van der Waals surface area (Å²) in [5.74, 6) is -1.78. The van der Waals surface area contributed by atoms with E-state index in [0.29, 0.717) is 11.1 Å². The Morgan fingerprint density at radius 1 is 1.04 bits per heavy atom. The molecule has 0 fully saturated rings. The van der Waals surface area contributed by atoms with Crippen molar-refractivity contribution in [3.8, 4) is 0 Å². The van der Waals surface area contributed by atoms with Gasteiger partial charge in [0.25, 0.3) is 11.8 Å². The minimum absolute atomic E-state index is 0.166. The summed E-state index contributed by atoms with van der Waals surface area (Å²) in [6, 6.07) is 12.6. The quantitative estimate of drug-likeness (QED) is 0.572. The number of nitrogens with one attached hydrogen (secondary N) is 2. The first-order chi connectivity index (χ1) is 11.6. The van der Waals surface area contributed by atoms with Gasteiger partial charge in [0.2, 0.25) is 5.89 Å². The standard InChI is InChI=1S/C17H12FN3O3/c18-12-6-2-1-5-11(12)17(23)21-20-15(22)9-10-16-19-13-7-3-4-8-14(13)24-16/h1-10H,(H,20,22)(H,21,23)/b10-9+. The molecule has 1 aromatic heterocycles. The van der Waals surface area contributed by atoms with Crippen molar-refractivity contribution in [2.75, 3.05) is 0 Å². The second kappa shape index (κ2) is 6.74. The maximum Gasteiger partial charge on any atom is 0.272 e. The first-order valence-corrected chi connectivity index (χ1v) is 7.02. The third-order valence-electron chi connectivity index (χ3n) is 3.11. The van der Waals surface area contributed by atoms with Crippen molar-refractivity contribution in [1.82, 2.24) is 15.8 Å². The Bertz CT molecular complexity index is 900. The number of hydrogen-bond acceptors (Lipinski definition) is 4. The van der Waals surface area contributed by atoms with Gasteiger partial charge >= 0.3 is 0 Å². The average molecular weight is 325 g/mol. The normalized spacial score (nSPS) is 10.9. The van der Waals surface area contributed by atoms with E-state index in [0.717, 1.165) is 12.1 Å². The predicted molar refractivity (Wildman–Crippen MR) is 85.1 cm³/mol. The van der Waals surface area contributed by atoms with Gasteiger partial charge in [-0.25, -0.2) is 9.37 Å². The number of carbonyl (C=O) groups is 2. The summed E-state index contributed by atoms with van der Waals surface area (Å²) in [6.07, 6.45) is 2.51. The van der Waals surface area contributed by atoms with Gasteiger partial charge in [-0.15, -0.1) is 0 Å². The smallest absolute Gasteiger partial charge is 0.272 e. The van der Waals surface area contributed by atoms with Crippen LogP contribution in [0, 0.1) is 5.82 Å². The van der Waals surface area contributed by atoms with Crippen LogP contribution in [0.1, 0.15) is 16.2 Å². The fourth-order valence-corrected chi connectivity index (χ4v) is 1.98. The Hall–Kier alpha value is -3.48. The Morgan fingerprint density at radius 3 is 2.58 bits per heavy atom. The molecule has 0 aliphatic carbocycles. The van der Waals surface area contributed by atoms with Gasteiger partial charge in [-0.2, -0.15) is 0 Å². The molecule has 3 aromatic rings. The zero-order chi connectivity index (χ0) is 16.9. The summed E-state index contributed by atoms with van der Waals surface area (Å²) >= 11 is 0. The molecule has 0 radical (unpaired) electrons. The van der Waals surface area contributed by atoms with Crippen LogP contribution in [0.25, 0.3) is 17.2 Å². The molecular weight excluding hydrogens is 313 g/mol. The van der Waals surface area contributed by atoms with Crippen LogP contribution in [0.15, 0.2) is 59.0 Å². The minimum atomic E-state index is -0.753. The topological polar surface area (TPSA) is 84.2 Å². The number of oxazole rings is 1. The number of hydrogen-bond donors (Lipinski definition) is 2. The molecule has 0 spiro atoms. The number of aromatic nitrogens is 1. The molecule has 2 aromatic carbocycles. The summed E-state index contributed by atoms with van der Waals surface area (Å²) in [4.78, 5) is 27.6. The van der Waals surface area contributed by atoms with E-state index in [-0.39, 0.29) is 11.5 Å². The lowest BCUT2D eigenvalue weighted by Gasteiger charge is -2.05. The van der Waals surface area contributed by atoms with Gasteiger partial charge < -0.3 is 4.42 Å². The molecular formula is C17H12FN3O3. The molecule has 1 heterocycles. The van der Waals surface area contributed by atoms with Crippen LogP contribution in [0.3, 0.4) is 0 Å². The molecule has 2 N–H and O–H groups in total. The van der Waals surface area contributed by atoms with E-state index in [1.54, 1.807) is 12.1 Å². The van der Waals surface area contributed by atoms with Gasteiger partial charge in [-0.05, 0) is 24.3 Å². The van der Waals surface area contributed by atoms with Gasteiger partial charge in [0, 0.05) is 12.2 Å². The molecule has 0 saturated carbocycles. The van der Waals surface area contributed by atoms with Crippen LogP contribution in [0.2, 0.25) is 0 Å². The van der Waals surface area contributed by atoms with Gasteiger partial charge in [-0.3, -0.25) is 20.4 Å². The first-order valence-electron chi connectivity index (χ1n) is 7.02. The monoisotopic (exact) mass is 325 g/mol. The Labute approximate surface area is 136 Å². The Kier molecular flexibility index (Phi) is 4.33. The highest BCUT2D eigenvalue weighted by molar-refractivity contribution is 5.98. The molecule has 120 valence electrons. The lowest BCUT2D eigenvalue weighted by atomic mass is 10.2. The fourth-order valence-electron chi connectivity index (χ4n) is 1.98. The van der Waals surface area contributed by atoms with Crippen molar-refractivity contribution >= 4 is 29.0 Å². The third kappa shape index (κ3) is 3.46. The van der Waals surface area contributed by atoms with Crippen molar-refractivity contribution in [2.45, 2.75) is 0 Å². The summed E-state index contributed by atoms with van der Waals surface area (Å²) in [5.41, 5.74) is 5.38. The van der Waals surface area contributed by atoms with Crippen LogP contribution < -0.4 is 10.9 Å². The number of amides is 2. The Balaban J connectivity index is 1.59. The molecule has 3 rings (SSSR count). The zero-order valence-electron chi connectivity index (χ0n) is 12.3. The summed E-state index contributed by atoms with van der Waals surface area (Å²) < 4.78 is 18.8. The van der Waals surface area contributed by atoms with Crippen LogP contribution >= 0.6 is 0 Å². The minimum Gasteiger partial charge on any atom is -0.437 e. The maximum atomic E-state index is 13.4. The number of hydrazine groups is 1. The van der Waals surface area contributed by atoms with E-state index in [4.69, 9.17) is 4.42 Å². The van der Waals surface area contributed by atoms with E-state index in [9.17, 15) is 14.0 Å². The van der Waals surface area contributed by atoms with Crippen LogP contribution in [-0.2, 0) is 4.79 Å². The highest BCUT2D eigenvalue weighted by Crippen LogP contribution is 2.15. The van der Waals surface area contributed by atoms with E-state index in [1.165, 1.54) is 24.3 Å². The van der Waals surface area contributed by atoms with Crippen LogP contribution in [0.4, 0.5) is 4.39 Å². The maximum absolute atomic E-state index is 13.4. The molecule has 2 amide bonds. The SMILES string of the molecule is O=C(/C=C/c1nc2ccccc2o1)NNC(=O)c1ccccc1F. The predicted octanol–water partition coefficient (Wildman–Crippen LogP) is 2.44. The first kappa shape index (κ1) is 15.4. The zero-order valence-corrected chi connectivity index (χ0v) is 12.3. The average Bonchev–Trinajstić information content (AvgIpc) is 3.01. The number of fused-ring (bicyclic) bond motifs is 1. The van der Waals surface area contributed by atoms with Crippen LogP contribution in [0.5, 0.6) is 0 Å². The number of benzene rings is 2. The molecule has 0 atom stereocenters. The lowest BCUT2D eigenvalue weighted by Crippen LogP contribution is -2.41. The highest BCUT2D eigenvalue weighted by atomic mass is 19.1. The molecule has 0 aliphatic rings. The van der Waals surface area contributed by atoms with Gasteiger partial charge in [-0.1, -0.05) is 24.3 Å². The van der Waals surface area contributed by atoms with Crippen molar-refractivity contribution in [1.29, 1.82) is 0 Å².